The second-order valence-corrected chi connectivity index (χ2v) is 5.21. The molecule has 0 bridgehead atoms. The Labute approximate surface area is 92.6 Å². The molecule has 1 saturated carbocycles. The van der Waals surface area contributed by atoms with Crippen LogP contribution in [0.4, 0.5) is 0 Å². The predicted octanol–water partition coefficient (Wildman–Crippen LogP) is 0.961. The zero-order valence-corrected chi connectivity index (χ0v) is 9.57. The van der Waals surface area contributed by atoms with Gasteiger partial charge in [0, 0.05) is 12.6 Å². The first-order chi connectivity index (χ1) is 7.29. The number of rotatable bonds is 2. The van der Waals surface area contributed by atoms with Crippen molar-refractivity contribution in [1.29, 1.82) is 0 Å². The van der Waals surface area contributed by atoms with Gasteiger partial charge in [-0.15, -0.1) is 0 Å². The van der Waals surface area contributed by atoms with Crippen molar-refractivity contribution in [3.8, 4) is 0 Å². The van der Waals surface area contributed by atoms with Crippen LogP contribution in [0.2, 0.25) is 0 Å². The molecule has 88 valence electrons. The van der Waals surface area contributed by atoms with Gasteiger partial charge in [0.15, 0.2) is 0 Å². The molecule has 3 N–H and O–H groups in total. The summed E-state index contributed by atoms with van der Waals surface area (Å²) in [5.41, 5.74) is 5.75. The molecule has 0 amide bonds. The molecule has 2 aliphatic rings. The predicted molar refractivity (Wildman–Crippen MR) is 61.6 cm³/mol. The molecule has 3 heteroatoms. The molecular weight excluding hydrogens is 188 g/mol. The number of aliphatic hydroxyl groups is 1. The van der Waals surface area contributed by atoms with Crippen LogP contribution in [0, 0.1) is 5.92 Å². The summed E-state index contributed by atoms with van der Waals surface area (Å²) in [7, 11) is 0. The lowest BCUT2D eigenvalue weighted by Crippen LogP contribution is -2.47. The molecule has 3 atom stereocenters. The standard InChI is InChI=1S/C12H24N2O/c13-8-10-3-1-4-11(7-10)14-6-2-5-12(15)9-14/h10-12,15H,1-9,13H2. The van der Waals surface area contributed by atoms with Crippen molar-refractivity contribution < 1.29 is 5.11 Å². The number of aliphatic hydroxyl groups excluding tert-OH is 1. The number of hydrogen-bond acceptors (Lipinski definition) is 3. The third-order valence-corrected chi connectivity index (χ3v) is 4.03. The zero-order chi connectivity index (χ0) is 10.7. The average molecular weight is 212 g/mol. The van der Waals surface area contributed by atoms with Crippen LogP contribution >= 0.6 is 0 Å². The van der Waals surface area contributed by atoms with E-state index in [0.717, 1.165) is 31.8 Å². The Morgan fingerprint density at radius 3 is 2.80 bits per heavy atom. The van der Waals surface area contributed by atoms with Gasteiger partial charge in [-0.25, -0.2) is 0 Å². The minimum absolute atomic E-state index is 0.0861. The van der Waals surface area contributed by atoms with Crippen molar-refractivity contribution >= 4 is 0 Å². The Kier molecular flexibility index (Phi) is 4.00. The van der Waals surface area contributed by atoms with Gasteiger partial charge in [0.1, 0.15) is 0 Å². The SMILES string of the molecule is NCC1CCCC(N2CCCC(O)C2)C1. The number of nitrogens with two attached hydrogens (primary N) is 1. The van der Waals surface area contributed by atoms with Crippen LogP contribution in [0.25, 0.3) is 0 Å². The second kappa shape index (κ2) is 5.28. The molecule has 15 heavy (non-hydrogen) atoms. The summed E-state index contributed by atoms with van der Waals surface area (Å²) in [6.45, 7) is 2.91. The van der Waals surface area contributed by atoms with Gasteiger partial charge >= 0.3 is 0 Å². The van der Waals surface area contributed by atoms with E-state index in [1.807, 2.05) is 0 Å². The molecule has 0 spiro atoms. The molecule has 3 unspecified atom stereocenters. The minimum Gasteiger partial charge on any atom is -0.392 e. The summed E-state index contributed by atoms with van der Waals surface area (Å²) in [6.07, 6.45) is 7.25. The first-order valence-corrected chi connectivity index (χ1v) is 6.41. The lowest BCUT2D eigenvalue weighted by atomic mass is 9.84. The van der Waals surface area contributed by atoms with Crippen molar-refractivity contribution in [2.24, 2.45) is 11.7 Å². The highest BCUT2D eigenvalue weighted by molar-refractivity contribution is 4.84. The normalized spacial score (nSPS) is 39.2. The van der Waals surface area contributed by atoms with Crippen LogP contribution in [0.1, 0.15) is 38.5 Å². The summed E-state index contributed by atoms with van der Waals surface area (Å²) in [4.78, 5) is 2.50. The van der Waals surface area contributed by atoms with Crippen LogP contribution in [0.5, 0.6) is 0 Å². The van der Waals surface area contributed by atoms with Gasteiger partial charge in [-0.1, -0.05) is 6.42 Å². The van der Waals surface area contributed by atoms with Crippen LogP contribution < -0.4 is 5.73 Å². The van der Waals surface area contributed by atoms with E-state index in [-0.39, 0.29) is 6.10 Å². The fraction of sp³-hybridized carbons (Fsp3) is 1.00. The third kappa shape index (κ3) is 2.92. The summed E-state index contributed by atoms with van der Waals surface area (Å²) < 4.78 is 0. The fourth-order valence-electron chi connectivity index (χ4n) is 3.12. The first kappa shape index (κ1) is 11.4. The molecule has 1 saturated heterocycles. The quantitative estimate of drug-likeness (QED) is 0.717. The topological polar surface area (TPSA) is 49.5 Å². The molecule has 0 aromatic rings. The first-order valence-electron chi connectivity index (χ1n) is 6.41. The van der Waals surface area contributed by atoms with E-state index in [4.69, 9.17) is 5.73 Å². The molecule has 0 aromatic heterocycles. The van der Waals surface area contributed by atoms with E-state index in [1.54, 1.807) is 0 Å². The minimum atomic E-state index is -0.0861. The largest absolute Gasteiger partial charge is 0.392 e. The van der Waals surface area contributed by atoms with Crippen LogP contribution in [-0.4, -0.2) is 41.8 Å². The number of likely N-dealkylation sites (tertiary alicyclic amines) is 1. The van der Waals surface area contributed by atoms with Crippen LogP contribution in [0.15, 0.2) is 0 Å². The van der Waals surface area contributed by atoms with Crippen LogP contribution in [-0.2, 0) is 0 Å². The Bertz CT molecular complexity index is 198. The van der Waals surface area contributed by atoms with Crippen molar-refractivity contribution in [2.75, 3.05) is 19.6 Å². The van der Waals surface area contributed by atoms with E-state index < -0.39 is 0 Å². The van der Waals surface area contributed by atoms with Gasteiger partial charge in [-0.3, -0.25) is 4.90 Å². The third-order valence-electron chi connectivity index (χ3n) is 4.03. The van der Waals surface area contributed by atoms with E-state index in [0.29, 0.717) is 6.04 Å². The Hall–Kier alpha value is -0.120. The van der Waals surface area contributed by atoms with E-state index in [1.165, 1.54) is 32.2 Å². The van der Waals surface area contributed by atoms with E-state index in [2.05, 4.69) is 4.90 Å². The molecule has 0 aromatic carbocycles. The zero-order valence-electron chi connectivity index (χ0n) is 9.57. The smallest absolute Gasteiger partial charge is 0.0667 e. The number of hydrogen-bond donors (Lipinski definition) is 2. The number of piperidine rings is 1. The van der Waals surface area contributed by atoms with Gasteiger partial charge < -0.3 is 10.8 Å². The number of nitrogens with zero attached hydrogens (tertiary/aromatic N) is 1. The molecule has 0 radical (unpaired) electrons. The monoisotopic (exact) mass is 212 g/mol. The van der Waals surface area contributed by atoms with Crippen molar-refractivity contribution in [1.82, 2.24) is 4.90 Å². The fourth-order valence-corrected chi connectivity index (χ4v) is 3.12. The lowest BCUT2D eigenvalue weighted by molar-refractivity contribution is 0.0294. The Balaban J connectivity index is 1.86. The van der Waals surface area contributed by atoms with Gasteiger partial charge in [-0.05, 0) is 51.1 Å². The second-order valence-electron chi connectivity index (χ2n) is 5.21. The Morgan fingerprint density at radius 2 is 2.07 bits per heavy atom. The van der Waals surface area contributed by atoms with E-state index >= 15 is 0 Å². The highest BCUT2D eigenvalue weighted by Gasteiger charge is 2.28. The van der Waals surface area contributed by atoms with Crippen molar-refractivity contribution in [3.05, 3.63) is 0 Å². The molecular formula is C12H24N2O. The molecule has 1 aliphatic heterocycles. The summed E-state index contributed by atoms with van der Waals surface area (Å²) in [5.74, 6) is 0.725. The average Bonchev–Trinajstić information content (AvgIpc) is 2.29. The lowest BCUT2D eigenvalue weighted by Gasteiger charge is -2.40. The maximum Gasteiger partial charge on any atom is 0.0667 e. The molecule has 1 aliphatic carbocycles. The Morgan fingerprint density at radius 1 is 1.20 bits per heavy atom. The number of β-amino-alcohol motifs (C(OH)–C–C–N with tert-alkyl or cyclic N) is 1. The van der Waals surface area contributed by atoms with Crippen molar-refractivity contribution in [3.63, 3.8) is 0 Å². The summed E-state index contributed by atoms with van der Waals surface area (Å²) in [5, 5.41) is 9.67. The van der Waals surface area contributed by atoms with Gasteiger partial charge in [0.2, 0.25) is 0 Å². The molecule has 3 nitrogen and oxygen atoms in total. The van der Waals surface area contributed by atoms with Crippen molar-refractivity contribution in [2.45, 2.75) is 50.7 Å². The van der Waals surface area contributed by atoms with Gasteiger partial charge in [-0.2, -0.15) is 0 Å². The maximum absolute atomic E-state index is 9.67. The molecule has 2 rings (SSSR count). The molecule has 1 heterocycles. The summed E-state index contributed by atoms with van der Waals surface area (Å²) in [6, 6.07) is 0.697. The van der Waals surface area contributed by atoms with E-state index in [9.17, 15) is 5.11 Å². The van der Waals surface area contributed by atoms with Crippen LogP contribution in [0.3, 0.4) is 0 Å². The van der Waals surface area contributed by atoms with Gasteiger partial charge in [0.25, 0.3) is 0 Å². The summed E-state index contributed by atoms with van der Waals surface area (Å²) >= 11 is 0. The molecule has 2 fully saturated rings. The highest BCUT2D eigenvalue weighted by atomic mass is 16.3. The highest BCUT2D eigenvalue weighted by Crippen LogP contribution is 2.28. The van der Waals surface area contributed by atoms with Gasteiger partial charge in [0.05, 0.1) is 6.10 Å². The maximum atomic E-state index is 9.67.